The molecule has 3 nitrogen and oxygen atoms in total. The van der Waals surface area contributed by atoms with Crippen molar-refractivity contribution in [2.75, 3.05) is 12.0 Å². The topological polar surface area (TPSA) is 55.1 Å². The van der Waals surface area contributed by atoms with Crippen molar-refractivity contribution in [2.45, 2.75) is 64.5 Å². The number of nitrogens with two attached hydrogens (primary N) is 1. The van der Waals surface area contributed by atoms with Crippen molar-refractivity contribution in [2.24, 2.45) is 5.73 Å². The summed E-state index contributed by atoms with van der Waals surface area (Å²) in [4.78, 5) is 11.7. The monoisotopic (exact) mass is 260 g/mol. The lowest BCUT2D eigenvalue weighted by atomic mass is 10.1. The fourth-order valence-corrected chi connectivity index (χ4v) is 2.16. The fraction of sp³-hybridized carbons (Fsp3) is 0.923. The second kappa shape index (κ2) is 10.9. The number of amides is 1. The van der Waals surface area contributed by atoms with E-state index >= 15 is 0 Å². The summed E-state index contributed by atoms with van der Waals surface area (Å²) in [6, 6.07) is -0.0970. The first-order valence-electron chi connectivity index (χ1n) is 6.66. The van der Waals surface area contributed by atoms with Crippen LogP contribution >= 0.6 is 11.8 Å². The quantitative estimate of drug-likeness (QED) is 0.594. The van der Waals surface area contributed by atoms with E-state index in [-0.39, 0.29) is 18.0 Å². The Morgan fingerprint density at radius 1 is 1.29 bits per heavy atom. The molecule has 0 heterocycles. The summed E-state index contributed by atoms with van der Waals surface area (Å²) in [6.07, 6.45) is 8.83. The molecule has 1 amide bonds. The summed E-state index contributed by atoms with van der Waals surface area (Å²) in [6.45, 7) is 4.26. The maximum absolute atomic E-state index is 11.7. The molecule has 3 N–H and O–H groups in total. The molecule has 0 bridgehead atoms. The Bertz CT molecular complexity index is 200. The predicted octanol–water partition coefficient (Wildman–Crippen LogP) is 2.54. The summed E-state index contributed by atoms with van der Waals surface area (Å²) in [7, 11) is 0. The third kappa shape index (κ3) is 9.48. The minimum absolute atomic E-state index is 0.00189. The molecule has 0 aliphatic rings. The van der Waals surface area contributed by atoms with Crippen LogP contribution in [0.15, 0.2) is 0 Å². The van der Waals surface area contributed by atoms with Gasteiger partial charge in [-0.15, -0.1) is 0 Å². The van der Waals surface area contributed by atoms with Crippen LogP contribution in [0.3, 0.4) is 0 Å². The van der Waals surface area contributed by atoms with E-state index < -0.39 is 0 Å². The molecule has 0 aliphatic heterocycles. The molecule has 4 heteroatoms. The number of hydrogen-bond donors (Lipinski definition) is 2. The Morgan fingerprint density at radius 2 is 2.00 bits per heavy atom. The Hall–Kier alpha value is -0.220. The summed E-state index contributed by atoms with van der Waals surface area (Å²) < 4.78 is 0. The zero-order chi connectivity index (χ0) is 13.1. The molecule has 1 unspecified atom stereocenters. The van der Waals surface area contributed by atoms with Crippen molar-refractivity contribution in [1.82, 2.24) is 5.32 Å². The Balaban J connectivity index is 3.63. The molecule has 0 spiro atoms. The van der Waals surface area contributed by atoms with Crippen LogP contribution in [0.1, 0.15) is 52.4 Å². The van der Waals surface area contributed by atoms with Crippen LogP contribution in [0.2, 0.25) is 0 Å². The standard InChI is InChI=1S/C13H28N2OS/c1-4-5-6-7-8-11(2)15-13(16)12(14)9-10-17-3/h11-12H,4-10,14H2,1-3H3,(H,15,16)/t11?,12-/m0/s1. The van der Waals surface area contributed by atoms with Crippen LogP contribution in [0.4, 0.5) is 0 Å². The van der Waals surface area contributed by atoms with Crippen molar-refractivity contribution >= 4 is 17.7 Å². The molecule has 2 atom stereocenters. The highest BCUT2D eigenvalue weighted by atomic mass is 32.2. The van der Waals surface area contributed by atoms with Gasteiger partial charge in [-0.05, 0) is 31.8 Å². The van der Waals surface area contributed by atoms with E-state index in [4.69, 9.17) is 5.73 Å². The van der Waals surface area contributed by atoms with Gasteiger partial charge >= 0.3 is 0 Å². The highest BCUT2D eigenvalue weighted by Gasteiger charge is 2.14. The van der Waals surface area contributed by atoms with Crippen LogP contribution in [-0.4, -0.2) is 30.0 Å². The van der Waals surface area contributed by atoms with Gasteiger partial charge < -0.3 is 11.1 Å². The van der Waals surface area contributed by atoms with Gasteiger partial charge in [0.05, 0.1) is 6.04 Å². The SMILES string of the molecule is CCCCCCC(C)NC(=O)[C@@H](N)CCSC. The van der Waals surface area contributed by atoms with Gasteiger partial charge in [-0.1, -0.05) is 32.6 Å². The molecule has 0 saturated heterocycles. The molecule has 0 fully saturated rings. The van der Waals surface area contributed by atoms with Crippen molar-refractivity contribution in [3.8, 4) is 0 Å². The maximum atomic E-state index is 11.7. The third-order valence-electron chi connectivity index (χ3n) is 2.85. The Morgan fingerprint density at radius 3 is 2.59 bits per heavy atom. The van der Waals surface area contributed by atoms with Crippen LogP contribution < -0.4 is 11.1 Å². The van der Waals surface area contributed by atoms with Gasteiger partial charge in [0, 0.05) is 6.04 Å². The number of carbonyl (C=O) groups is 1. The maximum Gasteiger partial charge on any atom is 0.237 e. The van der Waals surface area contributed by atoms with Gasteiger partial charge in [0.25, 0.3) is 0 Å². The average Bonchev–Trinajstić information content (AvgIpc) is 2.31. The largest absolute Gasteiger partial charge is 0.352 e. The molecule has 0 aromatic heterocycles. The molecule has 0 saturated carbocycles. The first-order chi connectivity index (χ1) is 8.11. The van der Waals surface area contributed by atoms with E-state index in [0.717, 1.165) is 18.6 Å². The van der Waals surface area contributed by atoms with Crippen molar-refractivity contribution in [3.05, 3.63) is 0 Å². The summed E-state index contributed by atoms with van der Waals surface area (Å²) in [5, 5.41) is 2.99. The molecule has 0 aromatic rings. The lowest BCUT2D eigenvalue weighted by Gasteiger charge is -2.17. The lowest BCUT2D eigenvalue weighted by Crippen LogP contribution is -2.44. The Kier molecular flexibility index (Phi) is 10.8. The van der Waals surface area contributed by atoms with Gasteiger partial charge in [0.1, 0.15) is 0 Å². The predicted molar refractivity (Wildman–Crippen MR) is 77.3 cm³/mol. The van der Waals surface area contributed by atoms with E-state index in [1.807, 2.05) is 6.26 Å². The molecule has 0 rings (SSSR count). The highest BCUT2D eigenvalue weighted by molar-refractivity contribution is 7.98. The second-order valence-electron chi connectivity index (χ2n) is 4.65. The summed E-state index contributed by atoms with van der Waals surface area (Å²) in [5.41, 5.74) is 5.80. The minimum Gasteiger partial charge on any atom is -0.352 e. The fourth-order valence-electron chi connectivity index (χ4n) is 1.68. The number of carbonyl (C=O) groups excluding carboxylic acids is 1. The Labute approximate surface area is 110 Å². The molecule has 0 aromatic carbocycles. The van der Waals surface area contributed by atoms with Gasteiger partial charge in [-0.3, -0.25) is 4.79 Å². The first-order valence-corrected chi connectivity index (χ1v) is 8.06. The smallest absolute Gasteiger partial charge is 0.237 e. The van der Waals surface area contributed by atoms with E-state index in [1.165, 1.54) is 25.7 Å². The molecule has 102 valence electrons. The van der Waals surface area contributed by atoms with E-state index in [0.29, 0.717) is 0 Å². The normalized spacial score (nSPS) is 14.4. The third-order valence-corrected chi connectivity index (χ3v) is 3.49. The van der Waals surface area contributed by atoms with Gasteiger partial charge in [0.15, 0.2) is 0 Å². The van der Waals surface area contributed by atoms with Crippen LogP contribution in [0.25, 0.3) is 0 Å². The number of nitrogens with one attached hydrogen (secondary N) is 1. The van der Waals surface area contributed by atoms with E-state index in [1.54, 1.807) is 11.8 Å². The molecular weight excluding hydrogens is 232 g/mol. The minimum atomic E-state index is -0.347. The van der Waals surface area contributed by atoms with Crippen LogP contribution in [0, 0.1) is 0 Å². The number of rotatable bonds is 10. The van der Waals surface area contributed by atoms with Crippen LogP contribution in [0.5, 0.6) is 0 Å². The van der Waals surface area contributed by atoms with Gasteiger partial charge in [-0.2, -0.15) is 11.8 Å². The zero-order valence-corrected chi connectivity index (χ0v) is 12.3. The van der Waals surface area contributed by atoms with Gasteiger partial charge in [0.2, 0.25) is 5.91 Å². The van der Waals surface area contributed by atoms with Crippen molar-refractivity contribution in [3.63, 3.8) is 0 Å². The van der Waals surface area contributed by atoms with Crippen molar-refractivity contribution < 1.29 is 4.79 Å². The van der Waals surface area contributed by atoms with Crippen LogP contribution in [-0.2, 0) is 4.79 Å². The summed E-state index contributed by atoms with van der Waals surface area (Å²) in [5.74, 6) is 0.946. The lowest BCUT2D eigenvalue weighted by molar-refractivity contribution is -0.123. The van der Waals surface area contributed by atoms with Crippen molar-refractivity contribution in [1.29, 1.82) is 0 Å². The summed E-state index contributed by atoms with van der Waals surface area (Å²) >= 11 is 1.73. The van der Waals surface area contributed by atoms with E-state index in [2.05, 4.69) is 19.2 Å². The molecule has 17 heavy (non-hydrogen) atoms. The zero-order valence-electron chi connectivity index (χ0n) is 11.5. The number of hydrogen-bond acceptors (Lipinski definition) is 3. The molecule has 0 radical (unpaired) electrons. The van der Waals surface area contributed by atoms with Gasteiger partial charge in [-0.25, -0.2) is 0 Å². The second-order valence-corrected chi connectivity index (χ2v) is 5.63. The highest BCUT2D eigenvalue weighted by Crippen LogP contribution is 2.06. The number of thioether (sulfide) groups is 1. The molecular formula is C13H28N2OS. The first kappa shape index (κ1) is 16.8. The number of unbranched alkanes of at least 4 members (excludes halogenated alkanes) is 3. The average molecular weight is 260 g/mol. The molecule has 0 aliphatic carbocycles. The van der Waals surface area contributed by atoms with E-state index in [9.17, 15) is 4.79 Å².